The first-order chi connectivity index (χ1) is 11.6. The van der Waals surface area contributed by atoms with Crippen LogP contribution in [0.25, 0.3) is 10.8 Å². The zero-order valence-electron chi connectivity index (χ0n) is 12.9. The van der Waals surface area contributed by atoms with Gasteiger partial charge in [-0.3, -0.25) is 9.59 Å². The van der Waals surface area contributed by atoms with Crippen LogP contribution in [0.3, 0.4) is 0 Å². The van der Waals surface area contributed by atoms with E-state index in [1.54, 1.807) is 18.3 Å². The standard InChI is InChI=1S/C18H15ClN2O3/c1-24-16(11-5-3-2-4-6-11)18(23)21-15-9-12-7-8-20-17(22)13(12)10-14(15)19/h2-10,16H,1H3,(H,20,22)(H,21,23). The first kappa shape index (κ1) is 16.2. The number of rotatable bonds is 4. The van der Waals surface area contributed by atoms with E-state index in [1.807, 2.05) is 30.3 Å². The molecule has 1 unspecified atom stereocenters. The highest BCUT2D eigenvalue weighted by Crippen LogP contribution is 2.28. The smallest absolute Gasteiger partial charge is 0.258 e. The van der Waals surface area contributed by atoms with Crippen LogP contribution in [0.1, 0.15) is 11.7 Å². The molecule has 2 N–H and O–H groups in total. The molecule has 1 amide bonds. The average molecular weight is 343 g/mol. The molecule has 3 aromatic rings. The number of methoxy groups -OCH3 is 1. The molecule has 24 heavy (non-hydrogen) atoms. The number of benzene rings is 2. The monoisotopic (exact) mass is 342 g/mol. The van der Waals surface area contributed by atoms with Crippen molar-refractivity contribution in [3.63, 3.8) is 0 Å². The molecular weight excluding hydrogens is 328 g/mol. The largest absolute Gasteiger partial charge is 0.367 e. The van der Waals surface area contributed by atoms with Crippen molar-refractivity contribution < 1.29 is 9.53 Å². The summed E-state index contributed by atoms with van der Waals surface area (Å²) in [6, 6.07) is 14.1. The summed E-state index contributed by atoms with van der Waals surface area (Å²) in [7, 11) is 1.47. The van der Waals surface area contributed by atoms with E-state index in [1.165, 1.54) is 13.2 Å². The summed E-state index contributed by atoms with van der Waals surface area (Å²) in [5, 5.41) is 4.20. The van der Waals surface area contributed by atoms with E-state index in [4.69, 9.17) is 16.3 Å². The van der Waals surface area contributed by atoms with E-state index in [0.29, 0.717) is 16.5 Å². The maximum Gasteiger partial charge on any atom is 0.258 e. The van der Waals surface area contributed by atoms with Crippen molar-refractivity contribution in [1.29, 1.82) is 0 Å². The van der Waals surface area contributed by atoms with E-state index in [0.717, 1.165) is 5.56 Å². The van der Waals surface area contributed by atoms with Gasteiger partial charge in [0.2, 0.25) is 0 Å². The van der Waals surface area contributed by atoms with Crippen LogP contribution in [0.5, 0.6) is 0 Å². The summed E-state index contributed by atoms with van der Waals surface area (Å²) < 4.78 is 5.31. The molecule has 1 atom stereocenters. The lowest BCUT2D eigenvalue weighted by atomic mass is 10.1. The molecule has 5 nitrogen and oxygen atoms in total. The SMILES string of the molecule is COC(C(=O)Nc1cc2cc[nH]c(=O)c2cc1Cl)c1ccccc1. The number of carbonyl (C=O) groups excluding carboxylic acids is 1. The van der Waals surface area contributed by atoms with Crippen LogP contribution in [0.4, 0.5) is 5.69 Å². The topological polar surface area (TPSA) is 71.2 Å². The quantitative estimate of drug-likeness (QED) is 0.762. The van der Waals surface area contributed by atoms with Gasteiger partial charge in [-0.1, -0.05) is 41.9 Å². The lowest BCUT2D eigenvalue weighted by Crippen LogP contribution is -2.22. The van der Waals surface area contributed by atoms with Crippen LogP contribution in [0.15, 0.2) is 59.5 Å². The molecule has 3 rings (SSSR count). The predicted octanol–water partition coefficient (Wildman–Crippen LogP) is 3.51. The van der Waals surface area contributed by atoms with Gasteiger partial charge in [-0.2, -0.15) is 0 Å². The highest BCUT2D eigenvalue weighted by molar-refractivity contribution is 6.34. The van der Waals surface area contributed by atoms with Crippen molar-refractivity contribution >= 4 is 34.0 Å². The molecule has 2 aromatic carbocycles. The van der Waals surface area contributed by atoms with Crippen LogP contribution in [0, 0.1) is 0 Å². The third kappa shape index (κ3) is 3.18. The maximum absolute atomic E-state index is 12.5. The second-order valence-corrected chi connectivity index (χ2v) is 5.65. The highest BCUT2D eigenvalue weighted by atomic mass is 35.5. The number of aromatic nitrogens is 1. The molecule has 0 aliphatic heterocycles. The van der Waals surface area contributed by atoms with Gasteiger partial charge in [-0.25, -0.2) is 0 Å². The molecule has 0 saturated carbocycles. The van der Waals surface area contributed by atoms with Gasteiger partial charge >= 0.3 is 0 Å². The minimum atomic E-state index is -0.753. The van der Waals surface area contributed by atoms with Crippen LogP contribution >= 0.6 is 11.6 Å². The Hall–Kier alpha value is -2.63. The third-order valence-electron chi connectivity index (χ3n) is 3.70. The van der Waals surface area contributed by atoms with Crippen molar-refractivity contribution in [3.8, 4) is 0 Å². The normalized spacial score (nSPS) is 12.1. The molecule has 0 radical (unpaired) electrons. The molecule has 6 heteroatoms. The Kier molecular flexibility index (Phi) is 4.64. The number of H-pyrrole nitrogens is 1. The van der Waals surface area contributed by atoms with Crippen LogP contribution in [-0.4, -0.2) is 18.0 Å². The zero-order valence-corrected chi connectivity index (χ0v) is 13.6. The van der Waals surface area contributed by atoms with E-state index < -0.39 is 6.10 Å². The van der Waals surface area contributed by atoms with Crippen molar-refractivity contribution in [3.05, 3.63) is 75.7 Å². The van der Waals surface area contributed by atoms with Crippen molar-refractivity contribution in [2.75, 3.05) is 12.4 Å². The second-order valence-electron chi connectivity index (χ2n) is 5.24. The lowest BCUT2D eigenvalue weighted by molar-refractivity contribution is -0.126. The molecule has 0 aliphatic rings. The molecule has 0 fully saturated rings. The van der Waals surface area contributed by atoms with Gasteiger partial charge in [0.25, 0.3) is 11.5 Å². The Morgan fingerprint density at radius 2 is 1.96 bits per heavy atom. The van der Waals surface area contributed by atoms with Crippen LogP contribution in [-0.2, 0) is 9.53 Å². The fraction of sp³-hybridized carbons (Fsp3) is 0.111. The number of fused-ring (bicyclic) bond motifs is 1. The van der Waals surface area contributed by atoms with Gasteiger partial charge in [-0.15, -0.1) is 0 Å². The molecule has 0 spiro atoms. The van der Waals surface area contributed by atoms with Gasteiger partial charge in [0.1, 0.15) is 0 Å². The Labute approximate surface area is 143 Å². The summed E-state index contributed by atoms with van der Waals surface area (Å²) in [5.41, 5.74) is 0.940. The Morgan fingerprint density at radius 3 is 2.67 bits per heavy atom. The van der Waals surface area contributed by atoms with E-state index >= 15 is 0 Å². The minimum Gasteiger partial charge on any atom is -0.367 e. The van der Waals surface area contributed by atoms with Gasteiger partial charge in [0.05, 0.1) is 10.7 Å². The summed E-state index contributed by atoms with van der Waals surface area (Å²) >= 11 is 6.20. The number of pyridine rings is 1. The molecular formula is C18H15ClN2O3. The van der Waals surface area contributed by atoms with E-state index in [-0.39, 0.29) is 16.5 Å². The van der Waals surface area contributed by atoms with Crippen molar-refractivity contribution in [2.24, 2.45) is 0 Å². The molecule has 0 aliphatic carbocycles. The fourth-order valence-corrected chi connectivity index (χ4v) is 2.74. The first-order valence-corrected chi connectivity index (χ1v) is 7.67. The number of hydrogen-bond acceptors (Lipinski definition) is 3. The number of aromatic amines is 1. The van der Waals surface area contributed by atoms with Gasteiger partial charge in [-0.05, 0) is 29.1 Å². The third-order valence-corrected chi connectivity index (χ3v) is 4.01. The number of halogens is 1. The Balaban J connectivity index is 1.92. The average Bonchev–Trinajstić information content (AvgIpc) is 2.58. The number of nitrogens with one attached hydrogen (secondary N) is 2. The van der Waals surface area contributed by atoms with Crippen LogP contribution in [0.2, 0.25) is 5.02 Å². The van der Waals surface area contributed by atoms with E-state index in [9.17, 15) is 9.59 Å². The number of amides is 1. The molecule has 122 valence electrons. The lowest BCUT2D eigenvalue weighted by Gasteiger charge is -2.16. The van der Waals surface area contributed by atoms with Crippen molar-refractivity contribution in [2.45, 2.75) is 6.10 Å². The molecule has 0 bridgehead atoms. The second kappa shape index (κ2) is 6.86. The first-order valence-electron chi connectivity index (χ1n) is 7.29. The number of hydrogen-bond donors (Lipinski definition) is 2. The minimum absolute atomic E-state index is 0.230. The molecule has 0 saturated heterocycles. The maximum atomic E-state index is 12.5. The molecule has 1 heterocycles. The van der Waals surface area contributed by atoms with Gasteiger partial charge in [0, 0.05) is 18.7 Å². The number of anilines is 1. The zero-order chi connectivity index (χ0) is 17.1. The summed E-state index contributed by atoms with van der Waals surface area (Å²) in [5.74, 6) is -0.338. The van der Waals surface area contributed by atoms with Crippen molar-refractivity contribution in [1.82, 2.24) is 4.98 Å². The summed E-state index contributed by atoms with van der Waals surface area (Å²) in [6.07, 6.45) is 0.795. The fourth-order valence-electron chi connectivity index (χ4n) is 2.53. The molecule has 1 aromatic heterocycles. The summed E-state index contributed by atoms with van der Waals surface area (Å²) in [4.78, 5) is 26.9. The Bertz CT molecular complexity index is 938. The predicted molar refractivity (Wildman–Crippen MR) is 94.4 cm³/mol. The Morgan fingerprint density at radius 1 is 1.21 bits per heavy atom. The summed E-state index contributed by atoms with van der Waals surface area (Å²) in [6.45, 7) is 0. The highest BCUT2D eigenvalue weighted by Gasteiger charge is 2.21. The van der Waals surface area contributed by atoms with Gasteiger partial charge in [0.15, 0.2) is 6.10 Å². The van der Waals surface area contributed by atoms with E-state index in [2.05, 4.69) is 10.3 Å². The number of carbonyl (C=O) groups is 1. The van der Waals surface area contributed by atoms with Crippen LogP contribution < -0.4 is 10.9 Å². The van der Waals surface area contributed by atoms with Gasteiger partial charge < -0.3 is 15.0 Å². The number of ether oxygens (including phenoxy) is 1.